The molecule has 5 rings (SSSR count). The van der Waals surface area contributed by atoms with Gasteiger partial charge in [-0.25, -0.2) is 4.79 Å². The predicted molar refractivity (Wildman–Crippen MR) is 164 cm³/mol. The molecule has 7 N–H and O–H groups in total. The van der Waals surface area contributed by atoms with Crippen LogP contribution >= 0.6 is 0 Å². The Hall–Kier alpha value is -4.99. The molecule has 3 aromatic rings. The van der Waals surface area contributed by atoms with Gasteiger partial charge in [0.25, 0.3) is 0 Å². The molecular formula is C33H36N4O6. The molecule has 3 aromatic heterocycles. The molecule has 0 aromatic carbocycles. The van der Waals surface area contributed by atoms with Gasteiger partial charge >= 0.3 is 17.9 Å². The molecule has 0 radical (unpaired) electrons. The van der Waals surface area contributed by atoms with Crippen LogP contribution in [0.25, 0.3) is 29.9 Å². The number of aromatic carboxylic acids is 1. The van der Waals surface area contributed by atoms with Crippen molar-refractivity contribution in [2.75, 3.05) is 0 Å². The predicted octanol–water partition coefficient (Wildman–Crippen LogP) is 4.11. The molecule has 0 amide bonds. The van der Waals surface area contributed by atoms with Crippen molar-refractivity contribution in [2.45, 2.75) is 53.4 Å². The van der Waals surface area contributed by atoms with Crippen LogP contribution in [0.2, 0.25) is 0 Å². The highest BCUT2D eigenvalue weighted by molar-refractivity contribution is 5.97. The van der Waals surface area contributed by atoms with Crippen LogP contribution in [0.15, 0.2) is 24.0 Å². The lowest BCUT2D eigenvalue weighted by Crippen LogP contribution is -2.15. The van der Waals surface area contributed by atoms with Gasteiger partial charge in [0.05, 0.1) is 17.7 Å². The van der Waals surface area contributed by atoms with Crippen LogP contribution in [0.5, 0.6) is 0 Å². The quantitative estimate of drug-likeness (QED) is 0.209. The van der Waals surface area contributed by atoms with E-state index in [4.69, 9.17) is 0 Å². The third-order valence-electron chi connectivity index (χ3n) is 8.70. The summed E-state index contributed by atoms with van der Waals surface area (Å²) >= 11 is 0. The first kappa shape index (κ1) is 29.5. The summed E-state index contributed by atoms with van der Waals surface area (Å²) in [5.41, 5.74) is 7.96. The van der Waals surface area contributed by atoms with E-state index >= 15 is 0 Å². The Morgan fingerprint density at radius 1 is 0.953 bits per heavy atom. The molecule has 0 saturated carbocycles. The van der Waals surface area contributed by atoms with Gasteiger partial charge in [0.2, 0.25) is 0 Å². The Bertz CT molecular complexity index is 1860. The van der Waals surface area contributed by atoms with Crippen molar-refractivity contribution in [3.05, 3.63) is 85.3 Å². The first-order valence-electron chi connectivity index (χ1n) is 14.3. The summed E-state index contributed by atoms with van der Waals surface area (Å²) in [4.78, 5) is 46.5. The number of carboxylic acids is 3. The summed E-state index contributed by atoms with van der Waals surface area (Å²) < 4.78 is 0. The lowest BCUT2D eigenvalue weighted by Gasteiger charge is -2.18. The number of H-pyrrole nitrogens is 3. The summed E-state index contributed by atoms with van der Waals surface area (Å²) in [6.45, 7) is 12.1. The van der Waals surface area contributed by atoms with E-state index < -0.39 is 24.3 Å². The Morgan fingerprint density at radius 2 is 1.70 bits per heavy atom. The van der Waals surface area contributed by atoms with Crippen molar-refractivity contribution in [2.24, 2.45) is 11.8 Å². The maximum atomic E-state index is 12.5. The van der Waals surface area contributed by atoms with Gasteiger partial charge in [0.1, 0.15) is 0 Å². The minimum Gasteiger partial charge on any atom is -0.481 e. The van der Waals surface area contributed by atoms with E-state index in [0.717, 1.165) is 56.5 Å². The van der Waals surface area contributed by atoms with E-state index in [-0.39, 0.29) is 41.5 Å². The van der Waals surface area contributed by atoms with Crippen LogP contribution in [0.1, 0.15) is 88.5 Å². The lowest BCUT2D eigenvalue weighted by atomic mass is 9.85. The van der Waals surface area contributed by atoms with Crippen molar-refractivity contribution in [1.29, 1.82) is 0 Å². The highest BCUT2D eigenvalue weighted by atomic mass is 16.4. The topological polar surface area (TPSA) is 171 Å². The molecule has 0 spiro atoms. The number of aromatic nitrogens is 3. The second kappa shape index (κ2) is 11.4. The number of aliphatic carboxylic acids is 2. The molecule has 10 heteroatoms. The van der Waals surface area contributed by atoms with Crippen LogP contribution in [0, 0.1) is 25.7 Å². The largest absolute Gasteiger partial charge is 0.481 e. The molecule has 2 aliphatic heterocycles. The molecule has 43 heavy (non-hydrogen) atoms. The van der Waals surface area contributed by atoms with E-state index in [0.29, 0.717) is 11.4 Å². The third-order valence-corrected chi connectivity index (χ3v) is 8.70. The summed E-state index contributed by atoms with van der Waals surface area (Å²) in [5, 5.41) is 34.8. The van der Waals surface area contributed by atoms with Crippen molar-refractivity contribution in [3.63, 3.8) is 0 Å². The molecule has 0 aliphatic carbocycles. The molecule has 1 saturated heterocycles. The Balaban J connectivity index is 1.91. The minimum absolute atomic E-state index is 0.0589. The van der Waals surface area contributed by atoms with E-state index in [1.54, 1.807) is 0 Å². The number of nitrogens with one attached hydrogen (secondary N) is 4. The van der Waals surface area contributed by atoms with Crippen LogP contribution in [0.3, 0.4) is 0 Å². The smallest absolute Gasteiger partial charge is 0.337 e. The molecule has 5 heterocycles. The Kier molecular flexibility index (Phi) is 7.79. The van der Waals surface area contributed by atoms with E-state index in [1.165, 1.54) is 6.07 Å². The number of fused-ring (bicyclic) bond motifs is 8. The molecule has 224 valence electrons. The number of hydrogen-bond acceptors (Lipinski definition) is 4. The summed E-state index contributed by atoms with van der Waals surface area (Å²) in [5.74, 6) is -3.88. The molecule has 10 nitrogen and oxygen atoms in total. The molecule has 1 fully saturated rings. The summed E-state index contributed by atoms with van der Waals surface area (Å²) in [6.07, 6.45) is 8.05. The number of carboxylic acid groups (broad SMARTS) is 3. The van der Waals surface area contributed by atoms with Gasteiger partial charge in [-0.05, 0) is 67.7 Å². The second-order valence-electron chi connectivity index (χ2n) is 11.2. The fourth-order valence-electron chi connectivity index (χ4n) is 6.43. The fraction of sp³-hybridized carbons (Fsp3) is 0.303. The zero-order chi connectivity index (χ0) is 31.2. The number of carbonyl (C=O) groups is 3. The fourth-order valence-corrected chi connectivity index (χ4v) is 6.43. The molecule has 2 aliphatic rings. The second-order valence-corrected chi connectivity index (χ2v) is 11.2. The normalized spacial score (nSPS) is 17.5. The Morgan fingerprint density at radius 3 is 2.33 bits per heavy atom. The Labute approximate surface area is 248 Å². The van der Waals surface area contributed by atoms with Crippen LogP contribution in [-0.4, -0.2) is 48.2 Å². The standard InChI is InChI=1S/C33H36N4O6/c1-6-19-15(3)25-14-28-20(7-2)16(4)24(36-28)13-26-17(5)21(8-9-29(38)39)31(37-26)22(12-30(40)41)32-23(33(42)43)10-18(34-32)11-27(19)35-25/h7,10-11,13-14,17,21,34-37H,2,6,8-9,12H2,1,3-5H3,(H,38,39)(H,40,41)(H,42,43)/t17-,21-/m0/s1. The minimum atomic E-state index is -1.20. The first-order chi connectivity index (χ1) is 20.4. The maximum Gasteiger partial charge on any atom is 0.337 e. The van der Waals surface area contributed by atoms with Crippen LogP contribution in [-0.2, 0) is 16.0 Å². The van der Waals surface area contributed by atoms with Crippen molar-refractivity contribution in [3.8, 4) is 0 Å². The number of aromatic amines is 3. The van der Waals surface area contributed by atoms with E-state index in [2.05, 4.69) is 33.8 Å². The first-order valence-corrected chi connectivity index (χ1v) is 14.3. The summed E-state index contributed by atoms with van der Waals surface area (Å²) in [7, 11) is 0. The van der Waals surface area contributed by atoms with Gasteiger partial charge in [0.15, 0.2) is 0 Å². The van der Waals surface area contributed by atoms with Crippen molar-refractivity contribution in [1.82, 2.24) is 20.3 Å². The highest BCUT2D eigenvalue weighted by Gasteiger charge is 2.37. The van der Waals surface area contributed by atoms with Crippen molar-refractivity contribution >= 4 is 47.8 Å². The number of allylic oxidation sites excluding steroid dienone is 2. The number of rotatable bonds is 8. The molecule has 2 atom stereocenters. The van der Waals surface area contributed by atoms with Crippen molar-refractivity contribution < 1.29 is 29.7 Å². The SMILES string of the molecule is C=Cc1c2[nH]c(c1C)C=C1NC(=C(CC(=O)O)c3[nH]c(cc3C(=O)O)C=c3[nH]c(c(C)c3CC)=C2)[C@@H](CCC(=O)O)[C@@H]1C. The summed E-state index contributed by atoms with van der Waals surface area (Å²) in [6, 6.07) is 1.51. The monoisotopic (exact) mass is 584 g/mol. The molecular weight excluding hydrogens is 548 g/mol. The van der Waals surface area contributed by atoms with Crippen LogP contribution in [0.4, 0.5) is 0 Å². The average Bonchev–Trinajstić information content (AvgIpc) is 3.65. The van der Waals surface area contributed by atoms with Gasteiger partial charge in [0, 0.05) is 68.6 Å². The van der Waals surface area contributed by atoms with Crippen LogP contribution < -0.4 is 16.0 Å². The van der Waals surface area contributed by atoms with Gasteiger partial charge < -0.3 is 35.6 Å². The lowest BCUT2D eigenvalue weighted by molar-refractivity contribution is -0.137. The molecule has 8 bridgehead atoms. The van der Waals surface area contributed by atoms with Gasteiger partial charge in [-0.2, -0.15) is 0 Å². The molecule has 0 unspecified atom stereocenters. The van der Waals surface area contributed by atoms with Gasteiger partial charge in [-0.15, -0.1) is 0 Å². The van der Waals surface area contributed by atoms with E-state index in [1.807, 2.05) is 45.1 Å². The third kappa shape index (κ3) is 5.36. The zero-order valence-corrected chi connectivity index (χ0v) is 24.6. The van der Waals surface area contributed by atoms with E-state index in [9.17, 15) is 29.7 Å². The highest BCUT2D eigenvalue weighted by Crippen LogP contribution is 2.42. The maximum absolute atomic E-state index is 12.5. The van der Waals surface area contributed by atoms with Gasteiger partial charge in [-0.1, -0.05) is 26.5 Å². The zero-order valence-electron chi connectivity index (χ0n) is 24.6. The van der Waals surface area contributed by atoms with Gasteiger partial charge in [-0.3, -0.25) is 9.59 Å². The average molecular weight is 585 g/mol. The number of hydrogen-bond donors (Lipinski definition) is 7.